The number of aliphatic hydroxyl groups is 1. The minimum atomic E-state index is -0.766. The molecule has 1 aromatic heterocycles. The van der Waals surface area contributed by atoms with E-state index < -0.39 is 5.60 Å². The van der Waals surface area contributed by atoms with E-state index in [4.69, 9.17) is 5.73 Å². The van der Waals surface area contributed by atoms with Gasteiger partial charge in [0.15, 0.2) is 0 Å². The van der Waals surface area contributed by atoms with E-state index in [1.807, 2.05) is 0 Å². The van der Waals surface area contributed by atoms with E-state index in [-0.39, 0.29) is 0 Å². The Morgan fingerprint density at radius 3 is 2.82 bits per heavy atom. The molecule has 4 heteroatoms. The van der Waals surface area contributed by atoms with Gasteiger partial charge in [-0.25, -0.2) is 4.98 Å². The highest BCUT2D eigenvalue weighted by molar-refractivity contribution is 5.19. The summed E-state index contributed by atoms with van der Waals surface area (Å²) in [6, 6.07) is 0. The Balaban J connectivity index is 2.13. The van der Waals surface area contributed by atoms with Gasteiger partial charge >= 0.3 is 0 Å². The molecule has 96 valence electrons. The molecule has 0 radical (unpaired) electrons. The lowest BCUT2D eigenvalue weighted by Gasteiger charge is -2.22. The first kappa shape index (κ1) is 12.6. The lowest BCUT2D eigenvalue weighted by Crippen LogP contribution is -2.35. The minimum Gasteiger partial charge on any atom is -0.389 e. The second-order valence-corrected chi connectivity index (χ2v) is 5.36. The molecule has 1 aliphatic rings. The zero-order valence-corrected chi connectivity index (χ0v) is 10.9. The Labute approximate surface area is 103 Å². The summed E-state index contributed by atoms with van der Waals surface area (Å²) in [5, 5.41) is 9.96. The molecule has 1 aromatic rings. The lowest BCUT2D eigenvalue weighted by atomic mass is 10.00. The molecular formula is C13H23N3O. The molecule has 0 amide bonds. The molecule has 1 heterocycles. The molecule has 0 saturated carbocycles. The minimum absolute atomic E-state index is 0.308. The molecule has 0 fully saturated rings. The van der Waals surface area contributed by atoms with Crippen LogP contribution in [-0.2, 0) is 19.4 Å². The summed E-state index contributed by atoms with van der Waals surface area (Å²) >= 11 is 0. The van der Waals surface area contributed by atoms with Crippen LogP contribution in [0.1, 0.15) is 43.4 Å². The van der Waals surface area contributed by atoms with Crippen molar-refractivity contribution >= 4 is 0 Å². The van der Waals surface area contributed by atoms with E-state index >= 15 is 0 Å². The summed E-state index contributed by atoms with van der Waals surface area (Å²) < 4.78 is 2.26. The summed E-state index contributed by atoms with van der Waals surface area (Å²) in [6.07, 6.45) is 5.43. The van der Waals surface area contributed by atoms with Crippen LogP contribution in [0.2, 0.25) is 0 Å². The molecule has 0 spiro atoms. The van der Waals surface area contributed by atoms with Gasteiger partial charge in [0.05, 0.1) is 11.3 Å². The summed E-state index contributed by atoms with van der Waals surface area (Å²) in [6.45, 7) is 4.97. The number of hydrogen-bond donors (Lipinski definition) is 2. The molecule has 4 nitrogen and oxygen atoms in total. The molecule has 0 saturated heterocycles. The van der Waals surface area contributed by atoms with Crippen LogP contribution in [0.5, 0.6) is 0 Å². The van der Waals surface area contributed by atoms with Crippen molar-refractivity contribution in [1.29, 1.82) is 0 Å². The first-order valence-electron chi connectivity index (χ1n) is 6.51. The molecule has 17 heavy (non-hydrogen) atoms. The van der Waals surface area contributed by atoms with Crippen LogP contribution in [-0.4, -0.2) is 26.8 Å². The fourth-order valence-corrected chi connectivity index (χ4v) is 2.49. The number of fused-ring (bicyclic) bond motifs is 1. The maximum absolute atomic E-state index is 9.96. The van der Waals surface area contributed by atoms with Gasteiger partial charge in [-0.1, -0.05) is 0 Å². The van der Waals surface area contributed by atoms with Gasteiger partial charge in [0.25, 0.3) is 0 Å². The molecule has 1 unspecified atom stereocenters. The van der Waals surface area contributed by atoms with E-state index in [9.17, 15) is 5.11 Å². The predicted molar refractivity (Wildman–Crippen MR) is 67.9 cm³/mol. The van der Waals surface area contributed by atoms with Crippen LogP contribution in [0, 0.1) is 6.92 Å². The maximum atomic E-state index is 9.96. The van der Waals surface area contributed by atoms with Gasteiger partial charge in [-0.3, -0.25) is 0 Å². The smallest absolute Gasteiger partial charge is 0.106 e. The van der Waals surface area contributed by atoms with Crippen LogP contribution in [0.3, 0.4) is 0 Å². The first-order valence-corrected chi connectivity index (χ1v) is 6.51. The SMILES string of the molecule is Cc1nc2c(n1CCC(C)(O)CN)CCCC2. The van der Waals surface area contributed by atoms with E-state index in [0.717, 1.165) is 25.2 Å². The highest BCUT2D eigenvalue weighted by atomic mass is 16.3. The first-order chi connectivity index (χ1) is 8.03. The summed E-state index contributed by atoms with van der Waals surface area (Å²) in [7, 11) is 0. The highest BCUT2D eigenvalue weighted by Gasteiger charge is 2.22. The Morgan fingerprint density at radius 1 is 1.41 bits per heavy atom. The lowest BCUT2D eigenvalue weighted by molar-refractivity contribution is 0.0550. The van der Waals surface area contributed by atoms with Crippen LogP contribution in [0.25, 0.3) is 0 Å². The predicted octanol–water partition coefficient (Wildman–Crippen LogP) is 1.17. The Hall–Kier alpha value is -0.870. The molecule has 1 aliphatic carbocycles. The molecule has 0 aliphatic heterocycles. The van der Waals surface area contributed by atoms with Gasteiger partial charge in [-0.15, -0.1) is 0 Å². The molecule has 0 aromatic carbocycles. The van der Waals surface area contributed by atoms with E-state index in [1.54, 1.807) is 6.92 Å². The largest absolute Gasteiger partial charge is 0.389 e. The summed E-state index contributed by atoms with van der Waals surface area (Å²) in [5.74, 6) is 1.07. The summed E-state index contributed by atoms with van der Waals surface area (Å²) in [5.41, 5.74) is 7.42. The van der Waals surface area contributed by atoms with E-state index in [1.165, 1.54) is 24.2 Å². The van der Waals surface area contributed by atoms with Gasteiger partial charge in [0, 0.05) is 18.8 Å². The number of rotatable bonds is 4. The molecule has 1 atom stereocenters. The van der Waals surface area contributed by atoms with Crippen LogP contribution >= 0.6 is 0 Å². The van der Waals surface area contributed by atoms with Crippen molar-refractivity contribution in [2.24, 2.45) is 5.73 Å². The zero-order valence-electron chi connectivity index (χ0n) is 10.9. The second-order valence-electron chi connectivity index (χ2n) is 5.36. The molecular weight excluding hydrogens is 214 g/mol. The molecule has 3 N–H and O–H groups in total. The average Bonchev–Trinajstić information content (AvgIpc) is 2.62. The van der Waals surface area contributed by atoms with Gasteiger partial charge < -0.3 is 15.4 Å². The monoisotopic (exact) mass is 237 g/mol. The number of aryl methyl sites for hydroxylation is 2. The van der Waals surface area contributed by atoms with Gasteiger partial charge in [-0.05, 0) is 46.0 Å². The summed E-state index contributed by atoms with van der Waals surface area (Å²) in [4.78, 5) is 4.63. The van der Waals surface area contributed by atoms with Crippen molar-refractivity contribution < 1.29 is 5.11 Å². The number of hydrogen-bond acceptors (Lipinski definition) is 3. The van der Waals surface area contributed by atoms with Crippen molar-refractivity contribution in [1.82, 2.24) is 9.55 Å². The standard InChI is InChI=1S/C13H23N3O/c1-10-15-11-5-3-4-6-12(11)16(10)8-7-13(2,17)9-14/h17H,3-9,14H2,1-2H3. The van der Waals surface area contributed by atoms with Gasteiger partial charge in [0.2, 0.25) is 0 Å². The van der Waals surface area contributed by atoms with E-state index in [0.29, 0.717) is 13.0 Å². The topological polar surface area (TPSA) is 64.1 Å². The Bertz CT molecular complexity index is 396. The van der Waals surface area contributed by atoms with Crippen molar-refractivity contribution in [2.45, 2.75) is 58.1 Å². The number of nitrogens with zero attached hydrogens (tertiary/aromatic N) is 2. The molecule has 0 bridgehead atoms. The van der Waals surface area contributed by atoms with Crippen molar-refractivity contribution in [3.63, 3.8) is 0 Å². The third-order valence-electron chi connectivity index (χ3n) is 3.74. The highest BCUT2D eigenvalue weighted by Crippen LogP contribution is 2.23. The number of aromatic nitrogens is 2. The van der Waals surface area contributed by atoms with Crippen LogP contribution in [0.15, 0.2) is 0 Å². The van der Waals surface area contributed by atoms with Crippen molar-refractivity contribution in [2.75, 3.05) is 6.54 Å². The van der Waals surface area contributed by atoms with Gasteiger partial charge in [0.1, 0.15) is 5.82 Å². The van der Waals surface area contributed by atoms with Crippen LogP contribution < -0.4 is 5.73 Å². The van der Waals surface area contributed by atoms with Gasteiger partial charge in [-0.2, -0.15) is 0 Å². The van der Waals surface area contributed by atoms with Crippen molar-refractivity contribution in [3.8, 4) is 0 Å². The Morgan fingerprint density at radius 2 is 2.12 bits per heavy atom. The Kier molecular flexibility index (Phi) is 3.54. The maximum Gasteiger partial charge on any atom is 0.106 e. The third-order valence-corrected chi connectivity index (χ3v) is 3.74. The normalized spacial score (nSPS) is 18.8. The number of nitrogens with two attached hydrogens (primary N) is 1. The third kappa shape index (κ3) is 2.69. The van der Waals surface area contributed by atoms with E-state index in [2.05, 4.69) is 16.5 Å². The van der Waals surface area contributed by atoms with Crippen LogP contribution in [0.4, 0.5) is 0 Å². The quantitative estimate of drug-likeness (QED) is 0.826. The zero-order chi connectivity index (χ0) is 12.5. The fourth-order valence-electron chi connectivity index (χ4n) is 2.49. The van der Waals surface area contributed by atoms with Crippen molar-refractivity contribution in [3.05, 3.63) is 17.2 Å². The average molecular weight is 237 g/mol. The number of imidazole rings is 1. The molecule has 2 rings (SSSR count). The second kappa shape index (κ2) is 4.78. The fraction of sp³-hybridized carbons (Fsp3) is 0.769.